The number of H-pyrrole nitrogens is 1. The van der Waals surface area contributed by atoms with Crippen LogP contribution in [0, 0.1) is 0 Å². The SMILES string of the molecule is CCCn1cccc1CNc1cccc(-c2ccn[nH]2)c1. The highest BCUT2D eigenvalue weighted by Gasteiger charge is 2.02. The molecule has 0 amide bonds. The Bertz CT molecular complexity index is 682. The molecule has 0 unspecified atom stereocenters. The Morgan fingerprint density at radius 1 is 1.19 bits per heavy atom. The van der Waals surface area contributed by atoms with Crippen LogP contribution < -0.4 is 5.32 Å². The van der Waals surface area contributed by atoms with Gasteiger partial charge < -0.3 is 9.88 Å². The van der Waals surface area contributed by atoms with Crippen molar-refractivity contribution in [2.75, 3.05) is 5.32 Å². The van der Waals surface area contributed by atoms with E-state index in [2.05, 4.69) is 69.6 Å². The molecular weight excluding hydrogens is 260 g/mol. The van der Waals surface area contributed by atoms with E-state index in [1.165, 1.54) is 5.69 Å². The van der Waals surface area contributed by atoms with Gasteiger partial charge in [-0.15, -0.1) is 0 Å². The van der Waals surface area contributed by atoms with Crippen molar-refractivity contribution in [2.45, 2.75) is 26.4 Å². The van der Waals surface area contributed by atoms with Crippen molar-refractivity contribution < 1.29 is 0 Å². The van der Waals surface area contributed by atoms with Crippen LogP contribution in [0.4, 0.5) is 5.69 Å². The van der Waals surface area contributed by atoms with Gasteiger partial charge in [0.15, 0.2) is 0 Å². The van der Waals surface area contributed by atoms with Crippen molar-refractivity contribution in [1.29, 1.82) is 0 Å². The summed E-state index contributed by atoms with van der Waals surface area (Å²) in [5.41, 5.74) is 4.60. The van der Waals surface area contributed by atoms with Crippen LogP contribution >= 0.6 is 0 Å². The predicted octanol–water partition coefficient (Wildman–Crippen LogP) is 3.90. The number of hydrogen-bond donors (Lipinski definition) is 2. The molecule has 0 atom stereocenters. The molecule has 4 nitrogen and oxygen atoms in total. The summed E-state index contributed by atoms with van der Waals surface area (Å²) in [6.07, 6.45) is 5.06. The minimum atomic E-state index is 0.833. The van der Waals surface area contributed by atoms with Gasteiger partial charge in [0.2, 0.25) is 0 Å². The standard InChI is InChI=1S/C17H20N4/c1-2-10-21-11-4-7-16(21)13-18-15-6-3-5-14(12-15)17-8-9-19-20-17/h3-9,11-12,18H,2,10,13H2,1H3,(H,19,20). The van der Waals surface area contributed by atoms with Crippen LogP contribution in [-0.2, 0) is 13.1 Å². The van der Waals surface area contributed by atoms with Gasteiger partial charge >= 0.3 is 0 Å². The molecule has 3 aromatic rings. The van der Waals surface area contributed by atoms with Gasteiger partial charge in [-0.2, -0.15) is 5.10 Å². The number of aryl methyl sites for hydroxylation is 1. The summed E-state index contributed by atoms with van der Waals surface area (Å²) >= 11 is 0. The molecule has 0 aliphatic heterocycles. The highest BCUT2D eigenvalue weighted by molar-refractivity contribution is 5.64. The van der Waals surface area contributed by atoms with E-state index in [1.54, 1.807) is 6.20 Å². The van der Waals surface area contributed by atoms with Crippen molar-refractivity contribution in [2.24, 2.45) is 0 Å². The van der Waals surface area contributed by atoms with E-state index in [0.717, 1.165) is 36.5 Å². The van der Waals surface area contributed by atoms with Crippen molar-refractivity contribution in [3.05, 3.63) is 60.6 Å². The number of nitrogens with one attached hydrogen (secondary N) is 2. The second-order valence-electron chi connectivity index (χ2n) is 5.10. The maximum Gasteiger partial charge on any atom is 0.0650 e. The summed E-state index contributed by atoms with van der Waals surface area (Å²) in [5, 5.41) is 10.5. The maximum atomic E-state index is 4.00. The van der Waals surface area contributed by atoms with Gasteiger partial charge in [-0.3, -0.25) is 5.10 Å². The van der Waals surface area contributed by atoms with Crippen molar-refractivity contribution in [3.8, 4) is 11.3 Å². The molecule has 3 rings (SSSR count). The number of rotatable bonds is 6. The smallest absolute Gasteiger partial charge is 0.0650 e. The average molecular weight is 280 g/mol. The van der Waals surface area contributed by atoms with Gasteiger partial charge in [0, 0.05) is 35.9 Å². The molecular formula is C17H20N4. The summed E-state index contributed by atoms with van der Waals surface area (Å²) in [6, 6.07) is 14.6. The molecule has 0 aliphatic rings. The van der Waals surface area contributed by atoms with E-state index in [4.69, 9.17) is 0 Å². The fraction of sp³-hybridized carbons (Fsp3) is 0.235. The van der Waals surface area contributed by atoms with Gasteiger partial charge in [-0.05, 0) is 36.8 Å². The van der Waals surface area contributed by atoms with Gasteiger partial charge in [0.05, 0.1) is 12.2 Å². The minimum absolute atomic E-state index is 0.833. The van der Waals surface area contributed by atoms with E-state index >= 15 is 0 Å². The molecule has 2 aromatic heterocycles. The van der Waals surface area contributed by atoms with E-state index in [9.17, 15) is 0 Å². The highest BCUT2D eigenvalue weighted by Crippen LogP contribution is 2.20. The largest absolute Gasteiger partial charge is 0.379 e. The minimum Gasteiger partial charge on any atom is -0.379 e. The molecule has 0 aliphatic carbocycles. The zero-order valence-electron chi connectivity index (χ0n) is 12.2. The van der Waals surface area contributed by atoms with Crippen LogP contribution in [0.5, 0.6) is 0 Å². The summed E-state index contributed by atoms with van der Waals surface area (Å²) in [7, 11) is 0. The second-order valence-corrected chi connectivity index (χ2v) is 5.10. The highest BCUT2D eigenvalue weighted by atomic mass is 15.1. The molecule has 0 spiro atoms. The fourth-order valence-corrected chi connectivity index (χ4v) is 2.47. The molecule has 0 radical (unpaired) electrons. The molecule has 108 valence electrons. The normalized spacial score (nSPS) is 10.7. The predicted molar refractivity (Wildman–Crippen MR) is 86.1 cm³/mol. The summed E-state index contributed by atoms with van der Waals surface area (Å²) in [6.45, 7) is 4.10. The van der Waals surface area contributed by atoms with Gasteiger partial charge in [0.25, 0.3) is 0 Å². The summed E-state index contributed by atoms with van der Waals surface area (Å²) in [4.78, 5) is 0. The van der Waals surface area contributed by atoms with Crippen LogP contribution in [0.3, 0.4) is 0 Å². The number of nitrogens with zero attached hydrogens (tertiary/aromatic N) is 2. The van der Waals surface area contributed by atoms with Crippen molar-refractivity contribution in [1.82, 2.24) is 14.8 Å². The third kappa shape index (κ3) is 3.16. The van der Waals surface area contributed by atoms with Crippen LogP contribution in [0.1, 0.15) is 19.0 Å². The lowest BCUT2D eigenvalue weighted by atomic mass is 10.1. The van der Waals surface area contributed by atoms with Gasteiger partial charge in [-0.25, -0.2) is 0 Å². The molecule has 2 heterocycles. The van der Waals surface area contributed by atoms with Gasteiger partial charge in [0.1, 0.15) is 0 Å². The monoisotopic (exact) mass is 280 g/mol. The first-order valence-electron chi connectivity index (χ1n) is 7.34. The Labute approximate surface area is 124 Å². The Morgan fingerprint density at radius 3 is 2.95 bits per heavy atom. The summed E-state index contributed by atoms with van der Waals surface area (Å²) < 4.78 is 2.30. The lowest BCUT2D eigenvalue weighted by Gasteiger charge is -2.11. The van der Waals surface area contributed by atoms with Crippen LogP contribution in [0.2, 0.25) is 0 Å². The fourth-order valence-electron chi connectivity index (χ4n) is 2.47. The summed E-state index contributed by atoms with van der Waals surface area (Å²) in [5.74, 6) is 0. The van der Waals surface area contributed by atoms with Crippen LogP contribution in [0.25, 0.3) is 11.3 Å². The van der Waals surface area contributed by atoms with E-state index in [0.29, 0.717) is 0 Å². The maximum absolute atomic E-state index is 4.00. The zero-order chi connectivity index (χ0) is 14.5. The Kier molecular flexibility index (Phi) is 4.05. The molecule has 1 aromatic carbocycles. The number of hydrogen-bond acceptors (Lipinski definition) is 2. The lowest BCUT2D eigenvalue weighted by Crippen LogP contribution is -2.06. The topological polar surface area (TPSA) is 45.6 Å². The van der Waals surface area contributed by atoms with Crippen LogP contribution in [-0.4, -0.2) is 14.8 Å². The van der Waals surface area contributed by atoms with E-state index in [1.807, 2.05) is 6.07 Å². The number of benzene rings is 1. The average Bonchev–Trinajstić information content (AvgIpc) is 3.18. The second kappa shape index (κ2) is 6.31. The lowest BCUT2D eigenvalue weighted by molar-refractivity contribution is 0.654. The molecule has 0 saturated carbocycles. The first-order valence-corrected chi connectivity index (χ1v) is 7.34. The first kappa shape index (κ1) is 13.5. The zero-order valence-corrected chi connectivity index (χ0v) is 12.2. The van der Waals surface area contributed by atoms with E-state index in [-0.39, 0.29) is 0 Å². The molecule has 0 bridgehead atoms. The Morgan fingerprint density at radius 2 is 2.14 bits per heavy atom. The van der Waals surface area contributed by atoms with E-state index < -0.39 is 0 Å². The Hall–Kier alpha value is -2.49. The first-order chi connectivity index (χ1) is 10.4. The number of aromatic nitrogens is 3. The molecule has 2 N–H and O–H groups in total. The third-order valence-electron chi connectivity index (χ3n) is 3.54. The molecule has 21 heavy (non-hydrogen) atoms. The molecule has 0 fully saturated rings. The molecule has 0 saturated heterocycles. The Balaban J connectivity index is 1.71. The third-order valence-corrected chi connectivity index (χ3v) is 3.54. The van der Waals surface area contributed by atoms with Gasteiger partial charge in [-0.1, -0.05) is 19.1 Å². The number of aromatic amines is 1. The quantitative estimate of drug-likeness (QED) is 0.719. The molecule has 4 heteroatoms. The number of anilines is 1. The van der Waals surface area contributed by atoms with Crippen LogP contribution in [0.15, 0.2) is 54.9 Å². The van der Waals surface area contributed by atoms with Crippen molar-refractivity contribution in [3.63, 3.8) is 0 Å². The van der Waals surface area contributed by atoms with Crippen molar-refractivity contribution >= 4 is 5.69 Å².